The van der Waals surface area contributed by atoms with Crippen LogP contribution in [0.2, 0.25) is 0 Å². The molecule has 2 atom stereocenters. The Labute approximate surface area is 186 Å². The summed E-state index contributed by atoms with van der Waals surface area (Å²) in [6.45, 7) is 2.37. The smallest absolute Gasteiger partial charge is 0.341 e. The van der Waals surface area contributed by atoms with E-state index in [0.717, 1.165) is 41.0 Å². The SMILES string of the molecule is CC(C)(C)OC(=O)C(C)(O)[C@H]1OCCN(c2nn(-c3ccc(=O)n(C(F)F)c3)cc2F)C1=O. The van der Waals surface area contributed by atoms with Gasteiger partial charge in [-0.1, -0.05) is 0 Å². The Balaban J connectivity index is 1.91. The zero-order valence-electron chi connectivity index (χ0n) is 18.3. The van der Waals surface area contributed by atoms with Crippen LogP contribution in [0.3, 0.4) is 0 Å². The third-order valence-corrected chi connectivity index (χ3v) is 4.72. The number of morpholine rings is 1. The average Bonchev–Trinajstić information content (AvgIpc) is 3.08. The highest BCUT2D eigenvalue weighted by Crippen LogP contribution is 2.28. The van der Waals surface area contributed by atoms with Crippen molar-refractivity contribution in [2.45, 2.75) is 51.6 Å². The molecule has 1 aliphatic heterocycles. The van der Waals surface area contributed by atoms with E-state index in [0.29, 0.717) is 0 Å². The molecule has 0 aromatic carbocycles. The summed E-state index contributed by atoms with van der Waals surface area (Å²) in [5.74, 6) is -3.49. The van der Waals surface area contributed by atoms with Gasteiger partial charge >= 0.3 is 12.5 Å². The van der Waals surface area contributed by atoms with Gasteiger partial charge in [-0.2, -0.15) is 8.78 Å². The number of hydrogen-bond donors (Lipinski definition) is 1. The molecular weight excluding hydrogens is 449 g/mol. The zero-order chi connectivity index (χ0) is 24.7. The predicted octanol–water partition coefficient (Wildman–Crippen LogP) is 1.39. The largest absolute Gasteiger partial charge is 0.458 e. The summed E-state index contributed by atoms with van der Waals surface area (Å²) in [5.41, 5.74) is -4.34. The number of amides is 1. The number of ether oxygens (including phenoxy) is 2. The molecule has 1 saturated heterocycles. The molecule has 2 aromatic rings. The van der Waals surface area contributed by atoms with Crippen LogP contribution in [0.5, 0.6) is 0 Å². The Morgan fingerprint density at radius 1 is 1.24 bits per heavy atom. The molecule has 1 unspecified atom stereocenters. The van der Waals surface area contributed by atoms with Gasteiger partial charge in [-0.25, -0.2) is 13.9 Å². The number of hydrogen-bond acceptors (Lipinski definition) is 7. The van der Waals surface area contributed by atoms with Crippen molar-refractivity contribution in [3.8, 4) is 5.69 Å². The third kappa shape index (κ3) is 4.93. The summed E-state index contributed by atoms with van der Waals surface area (Å²) in [4.78, 5) is 37.8. The first kappa shape index (κ1) is 24.5. The summed E-state index contributed by atoms with van der Waals surface area (Å²) in [7, 11) is 0. The maximum Gasteiger partial charge on any atom is 0.341 e. The van der Waals surface area contributed by atoms with E-state index in [1.54, 1.807) is 20.8 Å². The van der Waals surface area contributed by atoms with Gasteiger partial charge in [0, 0.05) is 12.3 Å². The minimum atomic E-state index is -3.12. The van der Waals surface area contributed by atoms with Crippen molar-refractivity contribution in [3.63, 3.8) is 0 Å². The number of nitrogens with zero attached hydrogens (tertiary/aromatic N) is 4. The van der Waals surface area contributed by atoms with Crippen LogP contribution in [0.15, 0.2) is 29.3 Å². The van der Waals surface area contributed by atoms with Gasteiger partial charge in [-0.05, 0) is 33.8 Å². The number of alkyl halides is 2. The van der Waals surface area contributed by atoms with Gasteiger partial charge in [-0.15, -0.1) is 5.10 Å². The Kier molecular flexibility index (Phi) is 6.40. The van der Waals surface area contributed by atoms with Crippen LogP contribution >= 0.6 is 0 Å². The van der Waals surface area contributed by atoms with Gasteiger partial charge in [0.05, 0.1) is 25.0 Å². The Morgan fingerprint density at radius 2 is 1.91 bits per heavy atom. The van der Waals surface area contributed by atoms with E-state index in [-0.39, 0.29) is 23.4 Å². The molecule has 33 heavy (non-hydrogen) atoms. The minimum Gasteiger partial charge on any atom is -0.458 e. The lowest BCUT2D eigenvalue weighted by atomic mass is 9.96. The van der Waals surface area contributed by atoms with E-state index >= 15 is 0 Å². The van der Waals surface area contributed by atoms with Crippen LogP contribution < -0.4 is 10.5 Å². The fraction of sp³-hybridized carbons (Fsp3) is 0.500. The molecule has 0 spiro atoms. The lowest BCUT2D eigenvalue weighted by molar-refractivity contribution is -0.194. The van der Waals surface area contributed by atoms with Gasteiger partial charge < -0.3 is 14.6 Å². The fourth-order valence-corrected chi connectivity index (χ4v) is 3.13. The van der Waals surface area contributed by atoms with Gasteiger partial charge in [0.1, 0.15) is 5.60 Å². The van der Waals surface area contributed by atoms with E-state index in [2.05, 4.69) is 5.10 Å². The first-order chi connectivity index (χ1) is 15.2. The second kappa shape index (κ2) is 8.63. The lowest BCUT2D eigenvalue weighted by Gasteiger charge is -2.38. The third-order valence-electron chi connectivity index (χ3n) is 4.72. The summed E-state index contributed by atoms with van der Waals surface area (Å²) < 4.78 is 52.2. The Morgan fingerprint density at radius 3 is 2.52 bits per heavy atom. The normalized spacial score (nSPS) is 19.0. The van der Waals surface area contributed by atoms with Gasteiger partial charge in [0.2, 0.25) is 0 Å². The molecule has 1 fully saturated rings. The highest BCUT2D eigenvalue weighted by molar-refractivity contribution is 6.01. The van der Waals surface area contributed by atoms with Crippen molar-refractivity contribution in [2.75, 3.05) is 18.1 Å². The van der Waals surface area contributed by atoms with E-state index < -0.39 is 52.9 Å². The number of carbonyl (C=O) groups excluding carboxylic acids is 2. The van der Waals surface area contributed by atoms with E-state index in [1.807, 2.05) is 0 Å². The summed E-state index contributed by atoms with van der Waals surface area (Å²) in [6, 6.07) is 2.03. The molecule has 2 aromatic heterocycles. The van der Waals surface area contributed by atoms with Crippen LogP contribution in [0.1, 0.15) is 34.2 Å². The number of carbonyl (C=O) groups is 2. The number of halogens is 3. The van der Waals surface area contributed by atoms with Crippen molar-refractivity contribution in [2.24, 2.45) is 0 Å². The molecule has 0 saturated carbocycles. The van der Waals surface area contributed by atoms with Crippen molar-refractivity contribution >= 4 is 17.7 Å². The molecule has 3 heterocycles. The van der Waals surface area contributed by atoms with Crippen LogP contribution in [0, 0.1) is 5.82 Å². The first-order valence-electron chi connectivity index (χ1n) is 9.87. The standard InChI is InChI=1S/C20H23F3N4O6/c1-19(2,3)33-17(30)20(4,31)14-16(29)25(7-8-32-14)15-12(21)10-27(24-15)11-5-6-13(28)26(9-11)18(22)23/h5-6,9-10,14,18,31H,7-8H2,1-4H3/t14-,20?/m0/s1. The van der Waals surface area contributed by atoms with Crippen LogP contribution in [0.4, 0.5) is 19.0 Å². The molecule has 0 bridgehead atoms. The second-order valence-corrected chi connectivity index (χ2v) is 8.55. The highest BCUT2D eigenvalue weighted by atomic mass is 19.3. The van der Waals surface area contributed by atoms with Gasteiger partial charge in [-0.3, -0.25) is 19.1 Å². The van der Waals surface area contributed by atoms with Crippen molar-refractivity contribution in [3.05, 3.63) is 40.7 Å². The van der Waals surface area contributed by atoms with Crippen molar-refractivity contribution in [1.29, 1.82) is 0 Å². The molecule has 180 valence electrons. The maximum absolute atomic E-state index is 14.7. The topological polar surface area (TPSA) is 116 Å². The summed E-state index contributed by atoms with van der Waals surface area (Å²) in [6.07, 6.45) is -0.0683. The quantitative estimate of drug-likeness (QED) is 0.654. The molecule has 0 radical (unpaired) electrons. The summed E-state index contributed by atoms with van der Waals surface area (Å²) >= 11 is 0. The van der Waals surface area contributed by atoms with Crippen LogP contribution in [-0.2, 0) is 19.1 Å². The van der Waals surface area contributed by atoms with Crippen molar-refractivity contribution < 1.29 is 37.3 Å². The zero-order valence-corrected chi connectivity index (χ0v) is 18.3. The van der Waals surface area contributed by atoms with E-state index in [9.17, 15) is 32.7 Å². The second-order valence-electron chi connectivity index (χ2n) is 8.55. The molecule has 1 amide bonds. The van der Waals surface area contributed by atoms with Crippen molar-refractivity contribution in [1.82, 2.24) is 14.3 Å². The Bertz CT molecular complexity index is 1120. The van der Waals surface area contributed by atoms with E-state index in [1.165, 1.54) is 0 Å². The van der Waals surface area contributed by atoms with Gasteiger partial charge in [0.25, 0.3) is 11.5 Å². The molecule has 0 aliphatic carbocycles. The fourth-order valence-electron chi connectivity index (χ4n) is 3.13. The number of anilines is 1. The Hall–Kier alpha value is -3.19. The molecular formula is C20H23F3N4O6. The number of aromatic nitrogens is 3. The van der Waals surface area contributed by atoms with E-state index in [4.69, 9.17) is 9.47 Å². The monoisotopic (exact) mass is 472 g/mol. The predicted molar refractivity (Wildman–Crippen MR) is 108 cm³/mol. The first-order valence-corrected chi connectivity index (χ1v) is 9.87. The molecule has 1 aliphatic rings. The maximum atomic E-state index is 14.7. The highest BCUT2D eigenvalue weighted by Gasteiger charge is 2.51. The molecule has 3 rings (SSSR count). The molecule has 13 heteroatoms. The van der Waals surface area contributed by atoms with Gasteiger partial charge in [0.15, 0.2) is 23.3 Å². The van der Waals surface area contributed by atoms with Crippen LogP contribution in [0.25, 0.3) is 5.69 Å². The number of pyridine rings is 1. The average molecular weight is 472 g/mol. The number of aliphatic hydroxyl groups is 1. The number of rotatable bonds is 5. The van der Waals surface area contributed by atoms with Crippen LogP contribution in [-0.4, -0.2) is 61.8 Å². The number of esters is 1. The molecule has 10 nitrogen and oxygen atoms in total. The lowest BCUT2D eigenvalue weighted by Crippen LogP contribution is -2.61. The molecule has 1 N–H and O–H groups in total. The minimum absolute atomic E-state index is 0.0574. The summed E-state index contributed by atoms with van der Waals surface area (Å²) in [5, 5.41) is 14.6.